The number of esters is 1. The summed E-state index contributed by atoms with van der Waals surface area (Å²) in [5, 5.41) is 3.38. The third-order valence-electron chi connectivity index (χ3n) is 1.54. The van der Waals surface area contributed by atoms with Gasteiger partial charge >= 0.3 is 5.97 Å². The van der Waals surface area contributed by atoms with Crippen molar-refractivity contribution in [2.45, 2.75) is 6.92 Å². The molecule has 1 aromatic rings. The first kappa shape index (κ1) is 10.1. The molecule has 0 atom stereocenters. The van der Waals surface area contributed by atoms with Crippen molar-refractivity contribution in [3.8, 4) is 0 Å². The van der Waals surface area contributed by atoms with Gasteiger partial charge in [-0.05, 0) is 24.6 Å². The molecule has 0 aromatic heterocycles. The Morgan fingerprint density at radius 1 is 1.50 bits per heavy atom. The average Bonchev–Trinajstić information content (AvgIpc) is 2.20. The number of rotatable bonds is 3. The quantitative estimate of drug-likeness (QED) is 0.319. The predicted molar refractivity (Wildman–Crippen MR) is 51.2 cm³/mol. The van der Waals surface area contributed by atoms with Crippen LogP contribution in [-0.4, -0.2) is 12.6 Å². The van der Waals surface area contributed by atoms with Gasteiger partial charge in [-0.1, -0.05) is 17.2 Å². The van der Waals surface area contributed by atoms with Gasteiger partial charge in [0.05, 0.1) is 12.2 Å². The molecule has 0 unspecified atom stereocenters. The van der Waals surface area contributed by atoms with Gasteiger partial charge < -0.3 is 4.74 Å². The maximum atomic E-state index is 11.2. The van der Waals surface area contributed by atoms with Gasteiger partial charge in [-0.15, -0.1) is 0 Å². The molecule has 5 nitrogen and oxygen atoms in total. The summed E-state index contributed by atoms with van der Waals surface area (Å²) in [6.45, 7) is 2.09. The van der Waals surface area contributed by atoms with Crippen LogP contribution in [0.3, 0.4) is 0 Å². The van der Waals surface area contributed by atoms with Crippen molar-refractivity contribution in [1.82, 2.24) is 0 Å². The van der Waals surface area contributed by atoms with Crippen LogP contribution in [0.5, 0.6) is 0 Å². The van der Waals surface area contributed by atoms with Gasteiger partial charge in [0.1, 0.15) is 0 Å². The largest absolute Gasteiger partial charge is 0.462 e. The molecular formula is C9H9N3O2. The number of carbonyl (C=O) groups is 1. The normalized spacial score (nSPS) is 8.93. The Hall–Kier alpha value is -2.00. The van der Waals surface area contributed by atoms with E-state index in [1.54, 1.807) is 31.2 Å². The van der Waals surface area contributed by atoms with Crippen LogP contribution >= 0.6 is 0 Å². The van der Waals surface area contributed by atoms with Crippen molar-refractivity contribution in [2.75, 3.05) is 6.61 Å². The molecule has 0 fully saturated rings. The van der Waals surface area contributed by atoms with Gasteiger partial charge in [0, 0.05) is 10.6 Å². The maximum Gasteiger partial charge on any atom is 0.338 e. The zero-order chi connectivity index (χ0) is 10.4. The Balaban J connectivity index is 2.82. The summed E-state index contributed by atoms with van der Waals surface area (Å²) in [4.78, 5) is 13.8. The van der Waals surface area contributed by atoms with Crippen molar-refractivity contribution in [1.29, 1.82) is 0 Å². The van der Waals surface area contributed by atoms with Crippen LogP contribution in [0.2, 0.25) is 0 Å². The van der Waals surface area contributed by atoms with Crippen LogP contribution in [0.15, 0.2) is 29.4 Å². The molecule has 0 amide bonds. The Labute approximate surface area is 80.9 Å². The van der Waals surface area contributed by atoms with E-state index in [1.807, 2.05) is 0 Å². The molecule has 14 heavy (non-hydrogen) atoms. The highest BCUT2D eigenvalue weighted by molar-refractivity contribution is 5.89. The van der Waals surface area contributed by atoms with Crippen molar-refractivity contribution in [3.63, 3.8) is 0 Å². The molecular weight excluding hydrogens is 182 g/mol. The second kappa shape index (κ2) is 4.89. The van der Waals surface area contributed by atoms with Crippen LogP contribution in [0, 0.1) is 0 Å². The fourth-order valence-corrected chi connectivity index (χ4v) is 0.930. The first-order valence-corrected chi connectivity index (χ1v) is 4.10. The minimum absolute atomic E-state index is 0.344. The van der Waals surface area contributed by atoms with E-state index in [0.29, 0.717) is 17.9 Å². The van der Waals surface area contributed by atoms with Crippen LogP contribution in [0.25, 0.3) is 10.4 Å². The first-order chi connectivity index (χ1) is 6.77. The van der Waals surface area contributed by atoms with E-state index in [2.05, 4.69) is 10.0 Å². The number of benzene rings is 1. The number of azide groups is 1. The van der Waals surface area contributed by atoms with Gasteiger partial charge in [-0.25, -0.2) is 4.79 Å². The zero-order valence-electron chi connectivity index (χ0n) is 7.67. The number of hydrogen-bond acceptors (Lipinski definition) is 3. The molecule has 0 aliphatic heterocycles. The van der Waals surface area contributed by atoms with E-state index >= 15 is 0 Å². The fraction of sp³-hybridized carbons (Fsp3) is 0.222. The Morgan fingerprint density at radius 2 is 2.14 bits per heavy atom. The van der Waals surface area contributed by atoms with Crippen LogP contribution < -0.4 is 0 Å². The van der Waals surface area contributed by atoms with Crippen molar-refractivity contribution >= 4 is 11.7 Å². The van der Waals surface area contributed by atoms with Gasteiger partial charge in [-0.2, -0.15) is 0 Å². The van der Waals surface area contributed by atoms with Gasteiger partial charge in [0.15, 0.2) is 0 Å². The van der Waals surface area contributed by atoms with E-state index in [4.69, 9.17) is 10.3 Å². The summed E-state index contributed by atoms with van der Waals surface area (Å²) >= 11 is 0. The van der Waals surface area contributed by atoms with Gasteiger partial charge in [0.2, 0.25) is 0 Å². The molecule has 0 heterocycles. The van der Waals surface area contributed by atoms with Crippen LogP contribution in [0.1, 0.15) is 17.3 Å². The summed E-state index contributed by atoms with van der Waals surface area (Å²) in [5.41, 5.74) is 9.07. The van der Waals surface area contributed by atoms with E-state index < -0.39 is 0 Å². The minimum Gasteiger partial charge on any atom is -0.462 e. The zero-order valence-corrected chi connectivity index (χ0v) is 7.67. The number of ether oxygens (including phenoxy) is 1. The number of nitrogens with zero attached hydrogens (tertiary/aromatic N) is 3. The number of hydrogen-bond donors (Lipinski definition) is 0. The lowest BCUT2D eigenvalue weighted by Gasteiger charge is -2.00. The van der Waals surface area contributed by atoms with Gasteiger partial charge in [-0.3, -0.25) is 0 Å². The van der Waals surface area contributed by atoms with Crippen molar-refractivity contribution in [2.24, 2.45) is 5.11 Å². The maximum absolute atomic E-state index is 11.2. The summed E-state index contributed by atoms with van der Waals surface area (Å²) in [7, 11) is 0. The summed E-state index contributed by atoms with van der Waals surface area (Å²) in [6, 6.07) is 6.24. The van der Waals surface area contributed by atoms with E-state index in [1.165, 1.54) is 0 Å². The molecule has 1 aromatic carbocycles. The highest BCUT2D eigenvalue weighted by atomic mass is 16.5. The molecule has 0 radical (unpaired) electrons. The Bertz CT molecular complexity index is 366. The SMILES string of the molecule is CCOC(=O)c1ccc(N=[N+]=[N-])cc1. The smallest absolute Gasteiger partial charge is 0.338 e. The molecule has 0 N–H and O–H groups in total. The molecule has 0 aliphatic rings. The van der Waals surface area contributed by atoms with E-state index in [-0.39, 0.29) is 5.97 Å². The standard InChI is InChI=1S/C9H9N3O2/c1-2-14-9(13)7-3-5-8(6-4-7)11-12-10/h3-6H,2H2,1H3. The molecule has 5 heteroatoms. The molecule has 0 bridgehead atoms. The summed E-state index contributed by atoms with van der Waals surface area (Å²) < 4.78 is 4.79. The lowest BCUT2D eigenvalue weighted by atomic mass is 10.2. The van der Waals surface area contributed by atoms with Crippen molar-refractivity contribution < 1.29 is 9.53 Å². The lowest BCUT2D eigenvalue weighted by molar-refractivity contribution is 0.0526. The summed E-state index contributed by atoms with van der Waals surface area (Å²) in [5.74, 6) is -0.375. The highest BCUT2D eigenvalue weighted by Crippen LogP contribution is 2.13. The van der Waals surface area contributed by atoms with Crippen molar-refractivity contribution in [3.05, 3.63) is 40.3 Å². The number of carbonyl (C=O) groups excluding carboxylic acids is 1. The summed E-state index contributed by atoms with van der Waals surface area (Å²) in [6.07, 6.45) is 0. The minimum atomic E-state index is -0.375. The van der Waals surface area contributed by atoms with Crippen LogP contribution in [-0.2, 0) is 4.74 Å². The molecule has 1 rings (SSSR count). The lowest BCUT2D eigenvalue weighted by Crippen LogP contribution is -2.03. The van der Waals surface area contributed by atoms with Gasteiger partial charge in [0.25, 0.3) is 0 Å². The third kappa shape index (κ3) is 2.50. The molecule has 0 saturated heterocycles. The second-order valence-corrected chi connectivity index (χ2v) is 2.46. The topological polar surface area (TPSA) is 75.1 Å². The van der Waals surface area contributed by atoms with E-state index in [9.17, 15) is 4.79 Å². The molecule has 0 aliphatic carbocycles. The fourth-order valence-electron chi connectivity index (χ4n) is 0.930. The first-order valence-electron chi connectivity index (χ1n) is 4.10. The molecule has 0 spiro atoms. The molecule has 0 saturated carbocycles. The monoisotopic (exact) mass is 191 g/mol. The molecule has 72 valence electrons. The average molecular weight is 191 g/mol. The van der Waals surface area contributed by atoms with E-state index in [0.717, 1.165) is 0 Å². The van der Waals surface area contributed by atoms with Crippen LogP contribution in [0.4, 0.5) is 5.69 Å². The second-order valence-electron chi connectivity index (χ2n) is 2.46. The highest BCUT2D eigenvalue weighted by Gasteiger charge is 2.04. The Kier molecular flexibility index (Phi) is 3.52. The Morgan fingerprint density at radius 3 is 2.64 bits per heavy atom. The predicted octanol–water partition coefficient (Wildman–Crippen LogP) is 2.81. The third-order valence-corrected chi connectivity index (χ3v) is 1.54.